The number of ether oxygens (including phenoxy) is 1. The average molecular weight is 242 g/mol. The summed E-state index contributed by atoms with van der Waals surface area (Å²) in [6, 6.07) is 0. The van der Waals surface area contributed by atoms with Crippen molar-refractivity contribution in [1.29, 1.82) is 0 Å². The molecule has 0 radical (unpaired) electrons. The maximum absolute atomic E-state index is 11.6. The standard InChI is InChI=1S/C13H26N2O2/c1-4-17-10-12(16)14-11-13(15(2)3)8-6-5-7-9-13/h4-11H2,1-3H3,(H,14,16). The first kappa shape index (κ1) is 14.5. The summed E-state index contributed by atoms with van der Waals surface area (Å²) >= 11 is 0. The average Bonchev–Trinajstić information content (AvgIpc) is 2.34. The molecule has 0 unspecified atom stereocenters. The van der Waals surface area contributed by atoms with E-state index in [1.54, 1.807) is 0 Å². The molecule has 0 aliphatic heterocycles. The highest BCUT2D eigenvalue weighted by atomic mass is 16.5. The van der Waals surface area contributed by atoms with Gasteiger partial charge in [0.1, 0.15) is 6.61 Å². The summed E-state index contributed by atoms with van der Waals surface area (Å²) in [5.74, 6) is -0.00125. The van der Waals surface area contributed by atoms with Crippen LogP contribution in [-0.4, -0.2) is 50.2 Å². The van der Waals surface area contributed by atoms with Gasteiger partial charge in [-0.1, -0.05) is 19.3 Å². The van der Waals surface area contributed by atoms with Crippen molar-refractivity contribution in [1.82, 2.24) is 10.2 Å². The molecular weight excluding hydrogens is 216 g/mol. The van der Waals surface area contributed by atoms with Gasteiger partial charge in [-0.3, -0.25) is 4.79 Å². The number of carbonyl (C=O) groups is 1. The van der Waals surface area contributed by atoms with Gasteiger partial charge in [0.15, 0.2) is 0 Å². The van der Waals surface area contributed by atoms with Crippen LogP contribution in [0.25, 0.3) is 0 Å². The fourth-order valence-electron chi connectivity index (χ4n) is 2.50. The second-order valence-corrected chi connectivity index (χ2v) is 5.09. The fraction of sp³-hybridized carbons (Fsp3) is 0.923. The van der Waals surface area contributed by atoms with Crippen LogP contribution in [0.15, 0.2) is 0 Å². The first-order valence-corrected chi connectivity index (χ1v) is 6.62. The van der Waals surface area contributed by atoms with Crippen molar-refractivity contribution in [3.63, 3.8) is 0 Å². The van der Waals surface area contributed by atoms with Crippen LogP contribution >= 0.6 is 0 Å². The smallest absolute Gasteiger partial charge is 0.246 e. The monoisotopic (exact) mass is 242 g/mol. The van der Waals surface area contributed by atoms with Gasteiger partial charge in [0.25, 0.3) is 0 Å². The second kappa shape index (κ2) is 6.97. The molecule has 0 bridgehead atoms. The highest BCUT2D eigenvalue weighted by Gasteiger charge is 2.34. The first-order chi connectivity index (χ1) is 8.10. The van der Waals surface area contributed by atoms with Crippen LogP contribution in [0.2, 0.25) is 0 Å². The van der Waals surface area contributed by atoms with Crippen molar-refractivity contribution in [2.75, 3.05) is 33.9 Å². The Morgan fingerprint density at radius 3 is 2.47 bits per heavy atom. The number of nitrogens with zero attached hydrogens (tertiary/aromatic N) is 1. The van der Waals surface area contributed by atoms with Crippen LogP contribution in [0.5, 0.6) is 0 Å². The van der Waals surface area contributed by atoms with Crippen LogP contribution in [0, 0.1) is 0 Å². The lowest BCUT2D eigenvalue weighted by Gasteiger charge is -2.43. The van der Waals surface area contributed by atoms with E-state index < -0.39 is 0 Å². The minimum Gasteiger partial charge on any atom is -0.372 e. The zero-order valence-corrected chi connectivity index (χ0v) is 11.4. The summed E-state index contributed by atoms with van der Waals surface area (Å²) in [6.45, 7) is 3.41. The zero-order valence-electron chi connectivity index (χ0n) is 11.4. The molecule has 4 nitrogen and oxygen atoms in total. The highest BCUT2D eigenvalue weighted by molar-refractivity contribution is 5.77. The lowest BCUT2D eigenvalue weighted by molar-refractivity contribution is -0.126. The number of carbonyl (C=O) groups excluding carboxylic acids is 1. The predicted molar refractivity (Wildman–Crippen MR) is 69.0 cm³/mol. The Morgan fingerprint density at radius 1 is 1.29 bits per heavy atom. The lowest BCUT2D eigenvalue weighted by atomic mass is 9.80. The molecule has 0 aromatic rings. The van der Waals surface area contributed by atoms with Gasteiger partial charge in [-0.05, 0) is 33.9 Å². The van der Waals surface area contributed by atoms with Crippen molar-refractivity contribution in [2.45, 2.75) is 44.6 Å². The third-order valence-electron chi connectivity index (χ3n) is 3.78. The normalized spacial score (nSPS) is 19.3. The molecule has 0 saturated heterocycles. The van der Waals surface area contributed by atoms with E-state index in [-0.39, 0.29) is 18.1 Å². The quantitative estimate of drug-likeness (QED) is 0.765. The minimum atomic E-state index is -0.00125. The highest BCUT2D eigenvalue weighted by Crippen LogP contribution is 2.31. The van der Waals surface area contributed by atoms with Gasteiger partial charge in [-0.15, -0.1) is 0 Å². The van der Waals surface area contributed by atoms with E-state index in [1.807, 2.05) is 6.92 Å². The maximum atomic E-state index is 11.6. The first-order valence-electron chi connectivity index (χ1n) is 6.62. The van der Waals surface area contributed by atoms with Gasteiger partial charge in [0.05, 0.1) is 0 Å². The van der Waals surface area contributed by atoms with Gasteiger partial charge in [-0.2, -0.15) is 0 Å². The molecule has 17 heavy (non-hydrogen) atoms. The Bertz CT molecular complexity index is 236. The van der Waals surface area contributed by atoms with Crippen molar-refractivity contribution in [3.05, 3.63) is 0 Å². The van der Waals surface area contributed by atoms with E-state index in [4.69, 9.17) is 4.74 Å². The molecule has 100 valence electrons. The van der Waals surface area contributed by atoms with Crippen molar-refractivity contribution < 1.29 is 9.53 Å². The van der Waals surface area contributed by atoms with E-state index in [0.717, 1.165) is 6.54 Å². The minimum absolute atomic E-state index is 0.00125. The Hall–Kier alpha value is -0.610. The maximum Gasteiger partial charge on any atom is 0.246 e. The van der Waals surface area contributed by atoms with Crippen LogP contribution in [0.1, 0.15) is 39.0 Å². The summed E-state index contributed by atoms with van der Waals surface area (Å²) in [5.41, 5.74) is 0.153. The summed E-state index contributed by atoms with van der Waals surface area (Å²) in [6.07, 6.45) is 6.20. The summed E-state index contributed by atoms with van der Waals surface area (Å²) in [5, 5.41) is 3.00. The lowest BCUT2D eigenvalue weighted by Crippen LogP contribution is -2.54. The second-order valence-electron chi connectivity index (χ2n) is 5.09. The fourth-order valence-corrected chi connectivity index (χ4v) is 2.50. The van der Waals surface area contributed by atoms with E-state index in [0.29, 0.717) is 6.61 Å². The molecule has 1 rings (SSSR count). The summed E-state index contributed by atoms with van der Waals surface area (Å²) in [4.78, 5) is 13.8. The molecule has 4 heteroatoms. The molecule has 1 aliphatic carbocycles. The van der Waals surface area contributed by atoms with Crippen LogP contribution in [0.3, 0.4) is 0 Å². The van der Waals surface area contributed by atoms with Gasteiger partial charge in [-0.25, -0.2) is 0 Å². The third-order valence-corrected chi connectivity index (χ3v) is 3.78. The largest absolute Gasteiger partial charge is 0.372 e. The summed E-state index contributed by atoms with van der Waals surface area (Å²) in [7, 11) is 4.22. The number of nitrogens with one attached hydrogen (secondary N) is 1. The van der Waals surface area contributed by atoms with Crippen molar-refractivity contribution in [3.8, 4) is 0 Å². The molecule has 0 aromatic carbocycles. The molecule has 0 atom stereocenters. The van der Waals surface area contributed by atoms with E-state index in [1.165, 1.54) is 32.1 Å². The number of hydrogen-bond acceptors (Lipinski definition) is 3. The van der Waals surface area contributed by atoms with Gasteiger partial charge >= 0.3 is 0 Å². The Balaban J connectivity index is 2.41. The molecule has 1 amide bonds. The molecule has 0 heterocycles. The third kappa shape index (κ3) is 4.28. The van der Waals surface area contributed by atoms with Crippen LogP contribution in [-0.2, 0) is 9.53 Å². The van der Waals surface area contributed by atoms with Crippen LogP contribution < -0.4 is 5.32 Å². The SMILES string of the molecule is CCOCC(=O)NCC1(N(C)C)CCCCC1. The number of hydrogen-bond donors (Lipinski definition) is 1. The van der Waals surface area contributed by atoms with E-state index in [9.17, 15) is 4.79 Å². The Morgan fingerprint density at radius 2 is 1.94 bits per heavy atom. The topological polar surface area (TPSA) is 41.6 Å². The van der Waals surface area contributed by atoms with Gasteiger partial charge in [0.2, 0.25) is 5.91 Å². The molecule has 1 aliphatic rings. The van der Waals surface area contributed by atoms with Gasteiger partial charge < -0.3 is 15.0 Å². The number of amides is 1. The molecule has 0 aromatic heterocycles. The van der Waals surface area contributed by atoms with Gasteiger partial charge in [0, 0.05) is 18.7 Å². The molecule has 0 spiro atoms. The molecule has 1 N–H and O–H groups in total. The molecular formula is C13H26N2O2. The Labute approximate surface area is 105 Å². The number of likely N-dealkylation sites (N-methyl/N-ethyl adjacent to an activating group) is 1. The molecule has 1 fully saturated rings. The summed E-state index contributed by atoms with van der Waals surface area (Å²) < 4.78 is 5.10. The van der Waals surface area contributed by atoms with Crippen molar-refractivity contribution >= 4 is 5.91 Å². The predicted octanol–water partition coefficient (Wildman–Crippen LogP) is 1.40. The molecule has 1 saturated carbocycles. The van der Waals surface area contributed by atoms with E-state index >= 15 is 0 Å². The van der Waals surface area contributed by atoms with Crippen LogP contribution in [0.4, 0.5) is 0 Å². The zero-order chi connectivity index (χ0) is 12.7. The number of rotatable bonds is 6. The Kier molecular flexibility index (Phi) is 5.92. The van der Waals surface area contributed by atoms with Crippen molar-refractivity contribution in [2.24, 2.45) is 0 Å². The van der Waals surface area contributed by atoms with E-state index in [2.05, 4.69) is 24.3 Å².